The second kappa shape index (κ2) is 7.09. The van der Waals surface area contributed by atoms with Gasteiger partial charge in [-0.2, -0.15) is 0 Å². The van der Waals surface area contributed by atoms with Gasteiger partial charge in [0.2, 0.25) is 0 Å². The molecule has 0 bridgehead atoms. The van der Waals surface area contributed by atoms with Gasteiger partial charge in [0.05, 0.1) is 12.0 Å². The number of aromatic nitrogens is 2. The average molecular weight is 263 g/mol. The van der Waals surface area contributed by atoms with Crippen LogP contribution in [-0.4, -0.2) is 16.1 Å². The summed E-state index contributed by atoms with van der Waals surface area (Å²) in [5.41, 5.74) is 1.35. The Bertz CT molecular complexity index is 370. The van der Waals surface area contributed by atoms with Crippen molar-refractivity contribution in [3.63, 3.8) is 0 Å². The molecule has 0 radical (unpaired) electrons. The molecule has 1 aromatic rings. The van der Waals surface area contributed by atoms with Crippen molar-refractivity contribution in [2.24, 2.45) is 11.8 Å². The lowest BCUT2D eigenvalue weighted by Gasteiger charge is -2.25. The van der Waals surface area contributed by atoms with E-state index < -0.39 is 0 Å². The van der Waals surface area contributed by atoms with E-state index in [1.54, 1.807) is 0 Å². The van der Waals surface area contributed by atoms with Gasteiger partial charge in [-0.1, -0.05) is 40.0 Å². The van der Waals surface area contributed by atoms with E-state index >= 15 is 0 Å². The van der Waals surface area contributed by atoms with Crippen LogP contribution in [0.5, 0.6) is 0 Å². The number of hydrogen-bond donors (Lipinski definition) is 1. The predicted octanol–water partition coefficient (Wildman–Crippen LogP) is 3.77. The van der Waals surface area contributed by atoms with Gasteiger partial charge in [0.1, 0.15) is 0 Å². The van der Waals surface area contributed by atoms with Gasteiger partial charge in [-0.15, -0.1) is 0 Å². The lowest BCUT2D eigenvalue weighted by Crippen LogP contribution is -2.23. The molecule has 3 heteroatoms. The zero-order valence-corrected chi connectivity index (χ0v) is 12.7. The Labute approximate surface area is 117 Å². The van der Waals surface area contributed by atoms with Crippen molar-refractivity contribution >= 4 is 0 Å². The largest absolute Gasteiger partial charge is 0.330 e. The van der Waals surface area contributed by atoms with Crippen molar-refractivity contribution in [2.75, 3.05) is 6.54 Å². The molecule has 2 unspecified atom stereocenters. The maximum absolute atomic E-state index is 4.38. The molecular weight excluding hydrogens is 234 g/mol. The first-order valence-corrected chi connectivity index (χ1v) is 7.90. The highest BCUT2D eigenvalue weighted by Gasteiger charge is 2.22. The Balaban J connectivity index is 2.00. The number of nitrogens with zero attached hydrogens (tertiary/aromatic N) is 2. The van der Waals surface area contributed by atoms with Crippen LogP contribution in [-0.2, 0) is 6.54 Å². The van der Waals surface area contributed by atoms with Gasteiger partial charge < -0.3 is 9.88 Å². The minimum absolute atomic E-state index is 0.654. The van der Waals surface area contributed by atoms with Crippen LogP contribution in [0.15, 0.2) is 12.5 Å². The summed E-state index contributed by atoms with van der Waals surface area (Å²) in [6.45, 7) is 8.92. The number of rotatable bonds is 5. The van der Waals surface area contributed by atoms with Gasteiger partial charge >= 0.3 is 0 Å². The molecule has 108 valence electrons. The zero-order chi connectivity index (χ0) is 13.7. The SMILES string of the molecule is CC(C)CNCc1cncn1C1CCCCCC1C. The van der Waals surface area contributed by atoms with Gasteiger partial charge in [0.15, 0.2) is 0 Å². The summed E-state index contributed by atoms with van der Waals surface area (Å²) in [4.78, 5) is 4.38. The average Bonchev–Trinajstić information content (AvgIpc) is 2.71. The van der Waals surface area contributed by atoms with Crippen molar-refractivity contribution in [3.05, 3.63) is 18.2 Å². The van der Waals surface area contributed by atoms with Crippen LogP contribution < -0.4 is 5.32 Å². The second-order valence-corrected chi connectivity index (χ2v) is 6.50. The van der Waals surface area contributed by atoms with E-state index in [4.69, 9.17) is 0 Å². The maximum atomic E-state index is 4.38. The Kier molecular flexibility index (Phi) is 5.44. The Hall–Kier alpha value is -0.830. The Morgan fingerprint density at radius 1 is 1.32 bits per heavy atom. The van der Waals surface area contributed by atoms with E-state index in [2.05, 4.69) is 35.6 Å². The molecule has 2 atom stereocenters. The van der Waals surface area contributed by atoms with E-state index in [-0.39, 0.29) is 0 Å². The van der Waals surface area contributed by atoms with Crippen LogP contribution in [0, 0.1) is 11.8 Å². The summed E-state index contributed by atoms with van der Waals surface area (Å²) in [7, 11) is 0. The summed E-state index contributed by atoms with van der Waals surface area (Å²) >= 11 is 0. The molecule has 19 heavy (non-hydrogen) atoms. The number of imidazole rings is 1. The molecule has 0 saturated heterocycles. The molecule has 0 spiro atoms. The molecule has 0 amide bonds. The third-order valence-corrected chi connectivity index (χ3v) is 4.28. The van der Waals surface area contributed by atoms with Gasteiger partial charge in [-0.05, 0) is 31.2 Å². The lowest BCUT2D eigenvalue weighted by atomic mass is 9.96. The standard InChI is InChI=1S/C16H29N3/c1-13(2)9-17-10-15-11-18-12-19(15)16-8-6-4-5-7-14(16)3/h11-14,16-17H,4-10H2,1-3H3. The fourth-order valence-corrected chi connectivity index (χ4v) is 3.14. The highest BCUT2D eigenvalue weighted by Crippen LogP contribution is 2.32. The van der Waals surface area contributed by atoms with E-state index in [1.807, 2.05) is 12.5 Å². The predicted molar refractivity (Wildman–Crippen MR) is 80.1 cm³/mol. The van der Waals surface area contributed by atoms with Crippen LogP contribution in [0.4, 0.5) is 0 Å². The van der Waals surface area contributed by atoms with Gasteiger partial charge in [-0.3, -0.25) is 0 Å². The molecule has 1 aliphatic carbocycles. The van der Waals surface area contributed by atoms with E-state index in [0.717, 1.165) is 19.0 Å². The summed E-state index contributed by atoms with van der Waals surface area (Å²) in [6.07, 6.45) is 10.9. The molecule has 0 aliphatic heterocycles. The van der Waals surface area contributed by atoms with Crippen molar-refractivity contribution < 1.29 is 0 Å². The first kappa shape index (κ1) is 14.6. The Morgan fingerprint density at radius 2 is 2.11 bits per heavy atom. The third-order valence-electron chi connectivity index (χ3n) is 4.28. The molecule has 1 aliphatic rings. The van der Waals surface area contributed by atoms with Crippen molar-refractivity contribution in [1.82, 2.24) is 14.9 Å². The summed E-state index contributed by atoms with van der Waals surface area (Å²) in [5.74, 6) is 1.48. The molecule has 1 aromatic heterocycles. The zero-order valence-electron chi connectivity index (χ0n) is 12.7. The van der Waals surface area contributed by atoms with Crippen LogP contribution in [0.25, 0.3) is 0 Å². The van der Waals surface area contributed by atoms with Crippen molar-refractivity contribution in [2.45, 2.75) is 65.5 Å². The molecule has 1 N–H and O–H groups in total. The van der Waals surface area contributed by atoms with Gasteiger partial charge in [-0.25, -0.2) is 4.98 Å². The quantitative estimate of drug-likeness (QED) is 0.820. The summed E-state index contributed by atoms with van der Waals surface area (Å²) in [5, 5.41) is 3.54. The smallest absolute Gasteiger partial charge is 0.0951 e. The van der Waals surface area contributed by atoms with Gasteiger partial charge in [0.25, 0.3) is 0 Å². The molecule has 1 fully saturated rings. The first-order valence-electron chi connectivity index (χ1n) is 7.90. The molecule has 2 rings (SSSR count). The first-order chi connectivity index (χ1) is 9.18. The molecule has 1 saturated carbocycles. The molecule has 1 heterocycles. The fourth-order valence-electron chi connectivity index (χ4n) is 3.14. The second-order valence-electron chi connectivity index (χ2n) is 6.50. The highest BCUT2D eigenvalue weighted by molar-refractivity contribution is 5.01. The minimum Gasteiger partial charge on any atom is -0.330 e. The van der Waals surface area contributed by atoms with Crippen LogP contribution in [0.1, 0.15) is 64.6 Å². The topological polar surface area (TPSA) is 29.9 Å². The molecule has 3 nitrogen and oxygen atoms in total. The molecule has 0 aromatic carbocycles. The fraction of sp³-hybridized carbons (Fsp3) is 0.812. The van der Waals surface area contributed by atoms with Gasteiger partial charge in [0, 0.05) is 18.8 Å². The van der Waals surface area contributed by atoms with E-state index in [9.17, 15) is 0 Å². The molecular formula is C16H29N3. The minimum atomic E-state index is 0.654. The van der Waals surface area contributed by atoms with Crippen molar-refractivity contribution in [3.8, 4) is 0 Å². The number of hydrogen-bond acceptors (Lipinski definition) is 2. The third kappa shape index (κ3) is 4.07. The van der Waals surface area contributed by atoms with Crippen LogP contribution >= 0.6 is 0 Å². The lowest BCUT2D eigenvalue weighted by molar-refractivity contribution is 0.324. The van der Waals surface area contributed by atoms with E-state index in [0.29, 0.717) is 12.0 Å². The maximum Gasteiger partial charge on any atom is 0.0951 e. The van der Waals surface area contributed by atoms with Crippen LogP contribution in [0.2, 0.25) is 0 Å². The normalized spacial score (nSPS) is 24.6. The van der Waals surface area contributed by atoms with Crippen LogP contribution in [0.3, 0.4) is 0 Å². The van der Waals surface area contributed by atoms with Crippen molar-refractivity contribution in [1.29, 1.82) is 0 Å². The number of nitrogens with one attached hydrogen (secondary N) is 1. The van der Waals surface area contributed by atoms with E-state index in [1.165, 1.54) is 37.8 Å². The summed E-state index contributed by atoms with van der Waals surface area (Å²) in [6, 6.07) is 0.654. The highest BCUT2D eigenvalue weighted by atomic mass is 15.1. The monoisotopic (exact) mass is 263 g/mol. The Morgan fingerprint density at radius 3 is 2.89 bits per heavy atom. The summed E-state index contributed by atoms with van der Waals surface area (Å²) < 4.78 is 2.43.